The minimum absolute atomic E-state index is 0.117. The number of nitrogens with one attached hydrogen (secondary N) is 1. The van der Waals surface area contributed by atoms with E-state index in [4.69, 9.17) is 9.84 Å². The summed E-state index contributed by atoms with van der Waals surface area (Å²) in [6.45, 7) is 7.02. The number of ether oxygens (including phenoxy) is 1. The van der Waals surface area contributed by atoms with Crippen LogP contribution in [0.25, 0.3) is 0 Å². The zero-order valence-electron chi connectivity index (χ0n) is 15.5. The lowest BCUT2D eigenvalue weighted by Gasteiger charge is -2.35. The van der Waals surface area contributed by atoms with Crippen molar-refractivity contribution in [1.29, 1.82) is 0 Å². The third kappa shape index (κ3) is 6.20. The molecule has 1 aliphatic rings. The molecular formula is C19H27BrN2O4. The Morgan fingerprint density at radius 3 is 2.35 bits per heavy atom. The van der Waals surface area contributed by atoms with E-state index in [1.807, 2.05) is 32.9 Å². The van der Waals surface area contributed by atoms with Gasteiger partial charge in [-0.15, -0.1) is 0 Å². The van der Waals surface area contributed by atoms with Gasteiger partial charge < -0.3 is 20.1 Å². The van der Waals surface area contributed by atoms with Crippen molar-refractivity contribution in [3.05, 3.63) is 34.3 Å². The highest BCUT2D eigenvalue weighted by atomic mass is 79.9. The molecule has 0 bridgehead atoms. The Labute approximate surface area is 163 Å². The molecular weight excluding hydrogens is 400 g/mol. The summed E-state index contributed by atoms with van der Waals surface area (Å²) in [6, 6.07) is 8.08. The molecule has 1 aliphatic heterocycles. The summed E-state index contributed by atoms with van der Waals surface area (Å²) < 4.78 is 6.34. The van der Waals surface area contributed by atoms with Gasteiger partial charge in [0, 0.05) is 30.0 Å². The van der Waals surface area contributed by atoms with Gasteiger partial charge in [0.25, 0.3) is 0 Å². The first-order valence-corrected chi connectivity index (χ1v) is 9.65. The van der Waals surface area contributed by atoms with E-state index in [1.165, 1.54) is 4.90 Å². The van der Waals surface area contributed by atoms with Crippen LogP contribution in [-0.2, 0) is 4.74 Å². The summed E-state index contributed by atoms with van der Waals surface area (Å²) in [4.78, 5) is 24.6. The number of halogens is 1. The van der Waals surface area contributed by atoms with E-state index in [2.05, 4.69) is 33.4 Å². The topological polar surface area (TPSA) is 78.9 Å². The van der Waals surface area contributed by atoms with Crippen molar-refractivity contribution in [2.24, 2.45) is 5.92 Å². The lowest BCUT2D eigenvalue weighted by atomic mass is 9.80. The summed E-state index contributed by atoms with van der Waals surface area (Å²) in [7, 11) is 0. The fourth-order valence-electron chi connectivity index (χ4n) is 3.27. The molecule has 7 heteroatoms. The minimum Gasteiger partial charge on any atom is -0.465 e. The van der Waals surface area contributed by atoms with E-state index in [1.54, 1.807) is 0 Å². The Kier molecular flexibility index (Phi) is 6.92. The smallest absolute Gasteiger partial charge is 0.407 e. The number of carbonyl (C=O) groups is 2. The predicted octanol–water partition coefficient (Wildman–Crippen LogP) is 4.45. The number of nitrogens with zero attached hydrogens (tertiary/aromatic N) is 1. The van der Waals surface area contributed by atoms with Crippen LogP contribution in [0.1, 0.15) is 45.1 Å². The molecule has 0 aliphatic carbocycles. The maximum absolute atomic E-state index is 12.0. The van der Waals surface area contributed by atoms with Gasteiger partial charge in [-0.2, -0.15) is 0 Å². The Morgan fingerprint density at radius 1 is 1.27 bits per heavy atom. The number of likely N-dealkylation sites (tertiary alicyclic amines) is 1. The first kappa shape index (κ1) is 20.6. The van der Waals surface area contributed by atoms with Gasteiger partial charge in [0.1, 0.15) is 5.60 Å². The van der Waals surface area contributed by atoms with E-state index in [-0.39, 0.29) is 5.92 Å². The Balaban J connectivity index is 2.06. The first-order valence-electron chi connectivity index (χ1n) is 8.86. The zero-order valence-corrected chi connectivity index (χ0v) is 17.1. The summed E-state index contributed by atoms with van der Waals surface area (Å²) in [5.41, 5.74) is 0.599. The average Bonchev–Trinajstić information content (AvgIpc) is 2.55. The number of benzene rings is 1. The molecule has 26 heavy (non-hydrogen) atoms. The molecule has 6 nitrogen and oxygen atoms in total. The van der Waals surface area contributed by atoms with E-state index in [9.17, 15) is 9.59 Å². The summed E-state index contributed by atoms with van der Waals surface area (Å²) in [6.07, 6.45) is 0.268. The maximum atomic E-state index is 12.0. The second-order valence-corrected chi connectivity index (χ2v) is 8.56. The number of hydrogen-bond acceptors (Lipinski definition) is 3. The first-order chi connectivity index (χ1) is 12.2. The van der Waals surface area contributed by atoms with Gasteiger partial charge in [-0.1, -0.05) is 28.1 Å². The van der Waals surface area contributed by atoms with Crippen LogP contribution in [0.3, 0.4) is 0 Å². The van der Waals surface area contributed by atoms with E-state index >= 15 is 0 Å². The van der Waals surface area contributed by atoms with Gasteiger partial charge >= 0.3 is 12.2 Å². The Bertz CT molecular complexity index is 619. The van der Waals surface area contributed by atoms with Crippen LogP contribution in [0.5, 0.6) is 0 Å². The number of piperidine rings is 1. The molecule has 2 rings (SSSR count). The molecule has 0 aromatic heterocycles. The van der Waals surface area contributed by atoms with Crippen LogP contribution in [-0.4, -0.2) is 47.4 Å². The van der Waals surface area contributed by atoms with Crippen molar-refractivity contribution >= 4 is 28.1 Å². The number of hydrogen-bond donors (Lipinski definition) is 2. The van der Waals surface area contributed by atoms with Crippen LogP contribution < -0.4 is 5.32 Å². The molecule has 1 aromatic rings. The van der Waals surface area contributed by atoms with Gasteiger partial charge in [-0.05, 0) is 57.2 Å². The molecule has 1 atom stereocenters. The highest BCUT2D eigenvalue weighted by molar-refractivity contribution is 9.10. The molecule has 144 valence electrons. The predicted molar refractivity (Wildman–Crippen MR) is 103 cm³/mol. The lowest BCUT2D eigenvalue weighted by molar-refractivity contribution is 0.0517. The molecule has 2 amide bonds. The summed E-state index contributed by atoms with van der Waals surface area (Å²) in [5, 5.41) is 12.0. The molecule has 0 spiro atoms. The van der Waals surface area contributed by atoms with Crippen molar-refractivity contribution < 1.29 is 19.4 Å². The van der Waals surface area contributed by atoms with E-state index in [0.29, 0.717) is 25.6 Å². The van der Waals surface area contributed by atoms with Crippen molar-refractivity contribution in [3.8, 4) is 0 Å². The Hall–Kier alpha value is -1.76. The van der Waals surface area contributed by atoms with Crippen molar-refractivity contribution in [1.82, 2.24) is 10.2 Å². The van der Waals surface area contributed by atoms with Crippen LogP contribution in [0.15, 0.2) is 28.7 Å². The number of alkyl carbamates (subject to hydrolysis) is 1. The number of carboxylic acid groups (broad SMARTS) is 1. The molecule has 1 fully saturated rings. The van der Waals surface area contributed by atoms with Gasteiger partial charge in [-0.25, -0.2) is 9.59 Å². The third-order valence-electron chi connectivity index (χ3n) is 4.54. The number of amides is 2. The minimum atomic E-state index is -0.865. The lowest BCUT2D eigenvalue weighted by Crippen LogP contribution is -2.41. The summed E-state index contributed by atoms with van der Waals surface area (Å²) in [5.74, 6) is 0.424. The quantitative estimate of drug-likeness (QED) is 0.745. The van der Waals surface area contributed by atoms with Crippen LogP contribution in [0.4, 0.5) is 9.59 Å². The highest BCUT2D eigenvalue weighted by Crippen LogP contribution is 2.33. The van der Waals surface area contributed by atoms with Crippen LogP contribution in [0.2, 0.25) is 0 Å². The molecule has 0 radical (unpaired) electrons. The molecule has 2 N–H and O–H groups in total. The summed E-state index contributed by atoms with van der Waals surface area (Å²) >= 11 is 3.45. The third-order valence-corrected chi connectivity index (χ3v) is 5.07. The van der Waals surface area contributed by atoms with E-state index < -0.39 is 17.8 Å². The number of carbonyl (C=O) groups excluding carboxylic acids is 1. The molecule has 1 unspecified atom stereocenters. The molecule has 1 aromatic carbocycles. The van der Waals surface area contributed by atoms with E-state index in [0.717, 1.165) is 22.9 Å². The average molecular weight is 427 g/mol. The molecule has 0 saturated carbocycles. The van der Waals surface area contributed by atoms with Gasteiger partial charge in [-0.3, -0.25) is 0 Å². The largest absolute Gasteiger partial charge is 0.465 e. The monoisotopic (exact) mass is 426 g/mol. The normalized spacial score (nSPS) is 16.8. The zero-order chi connectivity index (χ0) is 19.3. The second-order valence-electron chi connectivity index (χ2n) is 7.65. The SMILES string of the molecule is CC(C)(C)OC(=O)NCC(c1ccc(Br)cc1)C1CCN(C(=O)O)CC1. The van der Waals surface area contributed by atoms with Gasteiger partial charge in [0.15, 0.2) is 0 Å². The fraction of sp³-hybridized carbons (Fsp3) is 0.579. The van der Waals surface area contributed by atoms with Crippen molar-refractivity contribution in [2.75, 3.05) is 19.6 Å². The molecule has 1 heterocycles. The molecule has 1 saturated heterocycles. The van der Waals surface area contributed by atoms with Crippen molar-refractivity contribution in [3.63, 3.8) is 0 Å². The van der Waals surface area contributed by atoms with Crippen molar-refractivity contribution in [2.45, 2.75) is 45.1 Å². The fourth-order valence-corrected chi connectivity index (χ4v) is 3.53. The van der Waals surface area contributed by atoms with Gasteiger partial charge in [0.2, 0.25) is 0 Å². The van der Waals surface area contributed by atoms with Crippen LogP contribution >= 0.6 is 15.9 Å². The van der Waals surface area contributed by atoms with Gasteiger partial charge in [0.05, 0.1) is 0 Å². The maximum Gasteiger partial charge on any atom is 0.407 e. The van der Waals surface area contributed by atoms with Crippen LogP contribution in [0, 0.1) is 5.92 Å². The Morgan fingerprint density at radius 2 is 1.85 bits per heavy atom. The highest BCUT2D eigenvalue weighted by Gasteiger charge is 2.30. The second kappa shape index (κ2) is 8.75. The standard InChI is InChI=1S/C19H27BrN2O4/c1-19(2,3)26-17(23)21-12-16(13-4-6-15(20)7-5-13)14-8-10-22(11-9-14)18(24)25/h4-7,14,16H,8-12H2,1-3H3,(H,21,23)(H,24,25). The number of rotatable bonds is 4.